The predicted octanol–water partition coefficient (Wildman–Crippen LogP) is 4.03. The lowest BCUT2D eigenvalue weighted by Crippen LogP contribution is -2.20. The van der Waals surface area contributed by atoms with E-state index in [1.165, 1.54) is 13.2 Å². The maximum atomic E-state index is 11.2. The van der Waals surface area contributed by atoms with Crippen molar-refractivity contribution in [3.8, 4) is 5.75 Å². The summed E-state index contributed by atoms with van der Waals surface area (Å²) in [5, 5.41) is 17.4. The van der Waals surface area contributed by atoms with Crippen LogP contribution in [0.2, 0.25) is 0 Å². The molecule has 6 nitrogen and oxygen atoms in total. The molecular weight excluding hydrogens is 314 g/mol. The first-order valence-corrected chi connectivity index (χ1v) is 7.29. The third-order valence-corrected chi connectivity index (χ3v) is 3.50. The normalized spacial score (nSPS) is 10.0. The van der Waals surface area contributed by atoms with E-state index in [1.54, 1.807) is 12.1 Å². The van der Waals surface area contributed by atoms with Crippen molar-refractivity contribution in [2.24, 2.45) is 0 Å². The van der Waals surface area contributed by atoms with Crippen LogP contribution in [0.25, 0.3) is 0 Å². The van der Waals surface area contributed by atoms with Gasteiger partial charge >= 0.3 is 0 Å². The molecule has 120 valence electrons. The molecule has 2 aromatic carbocycles. The van der Waals surface area contributed by atoms with Crippen molar-refractivity contribution in [2.45, 2.75) is 13.8 Å². The van der Waals surface area contributed by atoms with Gasteiger partial charge in [0.25, 0.3) is 5.69 Å². The smallest absolute Gasteiger partial charge is 0.296 e. The molecule has 0 saturated heterocycles. The summed E-state index contributed by atoms with van der Waals surface area (Å²) in [5.74, 6) is 0.413. The summed E-state index contributed by atoms with van der Waals surface area (Å²) in [6.07, 6.45) is 0. The molecule has 0 amide bonds. The van der Waals surface area contributed by atoms with E-state index in [9.17, 15) is 10.1 Å². The van der Waals surface area contributed by atoms with Crippen molar-refractivity contribution in [3.05, 3.63) is 57.6 Å². The summed E-state index contributed by atoms with van der Waals surface area (Å²) in [6, 6.07) is 10.5. The van der Waals surface area contributed by atoms with Crippen LogP contribution in [0, 0.1) is 24.0 Å². The Morgan fingerprint density at radius 2 is 1.83 bits per heavy atom. The highest BCUT2D eigenvalue weighted by Crippen LogP contribution is 2.29. The fraction of sp³-hybridized carbons (Fsp3) is 0.188. The molecule has 0 saturated carbocycles. The predicted molar refractivity (Wildman–Crippen MR) is 95.4 cm³/mol. The van der Waals surface area contributed by atoms with Crippen LogP contribution in [0.15, 0.2) is 36.4 Å². The SMILES string of the molecule is COc1ccc(NC(=S)Nc2cc(C)ccc2C)c([N+](=O)[O-])c1. The van der Waals surface area contributed by atoms with E-state index in [1.807, 2.05) is 32.0 Å². The van der Waals surface area contributed by atoms with Crippen molar-refractivity contribution in [3.63, 3.8) is 0 Å². The molecule has 2 aromatic rings. The van der Waals surface area contributed by atoms with Crippen LogP contribution in [-0.4, -0.2) is 17.1 Å². The monoisotopic (exact) mass is 331 g/mol. The topological polar surface area (TPSA) is 76.4 Å². The third kappa shape index (κ3) is 4.17. The maximum Gasteiger partial charge on any atom is 0.296 e. The minimum atomic E-state index is -0.481. The highest BCUT2D eigenvalue weighted by atomic mass is 32.1. The number of nitrogens with zero attached hydrogens (tertiary/aromatic N) is 1. The number of benzene rings is 2. The van der Waals surface area contributed by atoms with Gasteiger partial charge in [0.05, 0.1) is 18.1 Å². The van der Waals surface area contributed by atoms with Gasteiger partial charge in [0.2, 0.25) is 0 Å². The second-order valence-corrected chi connectivity index (χ2v) is 5.45. The average molecular weight is 331 g/mol. The fourth-order valence-electron chi connectivity index (χ4n) is 2.04. The molecule has 0 atom stereocenters. The molecule has 0 aliphatic heterocycles. The molecule has 0 heterocycles. The number of ether oxygens (including phenoxy) is 1. The number of aryl methyl sites for hydroxylation is 2. The maximum absolute atomic E-state index is 11.2. The Bertz CT molecular complexity index is 762. The Hall–Kier alpha value is -2.67. The second-order valence-electron chi connectivity index (χ2n) is 5.04. The number of thiocarbonyl (C=S) groups is 1. The molecule has 0 bridgehead atoms. The van der Waals surface area contributed by atoms with E-state index in [0.29, 0.717) is 11.4 Å². The number of rotatable bonds is 4. The first kappa shape index (κ1) is 16.7. The third-order valence-electron chi connectivity index (χ3n) is 3.29. The number of hydrogen-bond donors (Lipinski definition) is 2. The van der Waals surface area contributed by atoms with E-state index < -0.39 is 4.92 Å². The van der Waals surface area contributed by atoms with Crippen molar-refractivity contribution >= 4 is 34.4 Å². The van der Waals surface area contributed by atoms with Crippen LogP contribution in [0.1, 0.15) is 11.1 Å². The molecule has 2 N–H and O–H groups in total. The van der Waals surface area contributed by atoms with Gasteiger partial charge in [0.15, 0.2) is 5.11 Å². The van der Waals surface area contributed by atoms with Gasteiger partial charge in [-0.3, -0.25) is 10.1 Å². The van der Waals surface area contributed by atoms with Crippen LogP contribution < -0.4 is 15.4 Å². The Kier molecular flexibility index (Phi) is 5.13. The molecule has 0 unspecified atom stereocenters. The number of nitrogens with one attached hydrogen (secondary N) is 2. The van der Waals surface area contributed by atoms with Crippen LogP contribution >= 0.6 is 12.2 Å². The highest BCUT2D eigenvalue weighted by molar-refractivity contribution is 7.80. The van der Waals surface area contributed by atoms with Gasteiger partial charge in [0.1, 0.15) is 11.4 Å². The van der Waals surface area contributed by atoms with E-state index in [-0.39, 0.29) is 10.8 Å². The summed E-state index contributed by atoms with van der Waals surface area (Å²) in [4.78, 5) is 10.7. The van der Waals surface area contributed by atoms with Crippen molar-refractivity contribution in [1.82, 2.24) is 0 Å². The molecular formula is C16H17N3O3S. The van der Waals surface area contributed by atoms with E-state index in [4.69, 9.17) is 17.0 Å². The summed E-state index contributed by atoms with van der Waals surface area (Å²) in [5.41, 5.74) is 3.19. The van der Waals surface area contributed by atoms with Gasteiger partial charge in [-0.1, -0.05) is 12.1 Å². The summed E-state index contributed by atoms with van der Waals surface area (Å²) in [7, 11) is 1.46. The Balaban J connectivity index is 2.20. The fourth-order valence-corrected chi connectivity index (χ4v) is 2.26. The highest BCUT2D eigenvalue weighted by Gasteiger charge is 2.16. The standard InChI is InChI=1S/C16H17N3O3S/c1-10-4-5-11(2)14(8-10)18-16(23)17-13-7-6-12(22-3)9-15(13)19(20)21/h4-9H,1-3H3,(H2,17,18,23). The minimum Gasteiger partial charge on any atom is -0.496 e. The van der Waals surface area contributed by atoms with Gasteiger partial charge in [-0.05, 0) is 55.4 Å². The molecule has 0 fully saturated rings. The lowest BCUT2D eigenvalue weighted by atomic mass is 10.1. The molecule has 0 aromatic heterocycles. The molecule has 7 heteroatoms. The van der Waals surface area contributed by atoms with Crippen LogP contribution in [0.3, 0.4) is 0 Å². The molecule has 0 radical (unpaired) electrons. The molecule has 0 aliphatic rings. The van der Waals surface area contributed by atoms with Crippen molar-refractivity contribution in [1.29, 1.82) is 0 Å². The van der Waals surface area contributed by atoms with Crippen LogP contribution in [-0.2, 0) is 0 Å². The van der Waals surface area contributed by atoms with Crippen molar-refractivity contribution in [2.75, 3.05) is 17.7 Å². The first-order valence-electron chi connectivity index (χ1n) is 6.88. The number of methoxy groups -OCH3 is 1. The second kappa shape index (κ2) is 7.06. The molecule has 23 heavy (non-hydrogen) atoms. The lowest BCUT2D eigenvalue weighted by molar-refractivity contribution is -0.384. The Labute approximate surface area is 139 Å². The van der Waals surface area contributed by atoms with Crippen molar-refractivity contribution < 1.29 is 9.66 Å². The minimum absolute atomic E-state index is 0.102. The van der Waals surface area contributed by atoms with Gasteiger partial charge in [-0.2, -0.15) is 0 Å². The van der Waals surface area contributed by atoms with E-state index in [0.717, 1.165) is 16.8 Å². The van der Waals surface area contributed by atoms with E-state index >= 15 is 0 Å². The Morgan fingerprint density at radius 1 is 1.13 bits per heavy atom. The number of nitro groups is 1. The molecule has 2 rings (SSSR count). The van der Waals surface area contributed by atoms with Gasteiger partial charge in [-0.25, -0.2) is 0 Å². The van der Waals surface area contributed by atoms with Gasteiger partial charge < -0.3 is 15.4 Å². The van der Waals surface area contributed by atoms with Gasteiger partial charge in [0, 0.05) is 5.69 Å². The van der Waals surface area contributed by atoms with Crippen LogP contribution in [0.4, 0.5) is 17.1 Å². The molecule has 0 aliphatic carbocycles. The number of anilines is 2. The quantitative estimate of drug-likeness (QED) is 0.500. The zero-order chi connectivity index (χ0) is 17.0. The molecule has 0 spiro atoms. The summed E-state index contributed by atoms with van der Waals surface area (Å²) >= 11 is 5.25. The lowest BCUT2D eigenvalue weighted by Gasteiger charge is -2.13. The largest absolute Gasteiger partial charge is 0.496 e. The first-order chi connectivity index (χ1) is 10.9. The zero-order valence-electron chi connectivity index (χ0n) is 13.0. The summed E-state index contributed by atoms with van der Waals surface area (Å²) in [6.45, 7) is 3.94. The average Bonchev–Trinajstić information content (AvgIpc) is 2.51. The van der Waals surface area contributed by atoms with Gasteiger partial charge in [-0.15, -0.1) is 0 Å². The van der Waals surface area contributed by atoms with E-state index in [2.05, 4.69) is 10.6 Å². The number of hydrogen-bond acceptors (Lipinski definition) is 4. The summed E-state index contributed by atoms with van der Waals surface area (Å²) < 4.78 is 5.01. The van der Waals surface area contributed by atoms with Crippen LogP contribution in [0.5, 0.6) is 5.75 Å². The zero-order valence-corrected chi connectivity index (χ0v) is 13.9. The number of nitro benzene ring substituents is 1. The Morgan fingerprint density at radius 3 is 2.48 bits per heavy atom.